The number of aromatic nitrogens is 1. The van der Waals surface area contributed by atoms with E-state index >= 15 is 0 Å². The van der Waals surface area contributed by atoms with E-state index in [-0.39, 0.29) is 0 Å². The third-order valence-corrected chi connectivity index (χ3v) is 3.33. The number of ether oxygens (including phenoxy) is 2. The zero-order valence-electron chi connectivity index (χ0n) is 11.5. The van der Waals surface area contributed by atoms with Crippen molar-refractivity contribution in [3.63, 3.8) is 0 Å². The van der Waals surface area contributed by atoms with Gasteiger partial charge >= 0.3 is 0 Å². The molecule has 4 nitrogen and oxygen atoms in total. The van der Waals surface area contributed by atoms with Crippen molar-refractivity contribution < 1.29 is 9.47 Å². The summed E-state index contributed by atoms with van der Waals surface area (Å²) in [6.45, 7) is 1.32. The van der Waals surface area contributed by atoms with E-state index in [9.17, 15) is 0 Å². The second-order valence-electron chi connectivity index (χ2n) is 4.20. The number of pyridine rings is 1. The molecule has 0 aliphatic rings. The Labute approximate surface area is 123 Å². The lowest BCUT2D eigenvalue weighted by Crippen LogP contribution is -2.14. The fraction of sp³-hybridized carbons (Fsp3) is 0.267. The molecule has 5 heteroatoms. The molecule has 2 rings (SSSR count). The third-order valence-electron chi connectivity index (χ3n) is 2.91. The highest BCUT2D eigenvalue weighted by molar-refractivity contribution is 6.33. The average Bonchev–Trinajstić information content (AvgIpc) is 2.49. The number of halogens is 1. The second kappa shape index (κ2) is 7.12. The first-order valence-electron chi connectivity index (χ1n) is 6.26. The average molecular weight is 293 g/mol. The van der Waals surface area contributed by atoms with Crippen LogP contribution in [0.3, 0.4) is 0 Å². The van der Waals surface area contributed by atoms with E-state index in [1.54, 1.807) is 20.4 Å². The highest BCUT2D eigenvalue weighted by atomic mass is 35.5. The Balaban J connectivity index is 2.03. The van der Waals surface area contributed by atoms with Crippen LogP contribution >= 0.6 is 11.6 Å². The molecule has 0 bridgehead atoms. The minimum Gasteiger partial charge on any atom is -0.493 e. The largest absolute Gasteiger partial charge is 0.493 e. The van der Waals surface area contributed by atoms with Crippen molar-refractivity contribution in [2.24, 2.45) is 0 Å². The Morgan fingerprint density at radius 1 is 1.10 bits per heavy atom. The third kappa shape index (κ3) is 3.40. The van der Waals surface area contributed by atoms with Gasteiger partial charge in [0, 0.05) is 19.3 Å². The summed E-state index contributed by atoms with van der Waals surface area (Å²) in [6, 6.07) is 9.61. The molecule has 0 saturated carbocycles. The molecular weight excluding hydrogens is 276 g/mol. The number of hydrogen-bond acceptors (Lipinski definition) is 4. The summed E-state index contributed by atoms with van der Waals surface area (Å²) in [5.41, 5.74) is 1.95. The normalized spacial score (nSPS) is 10.3. The van der Waals surface area contributed by atoms with Gasteiger partial charge in [0.25, 0.3) is 0 Å². The Morgan fingerprint density at radius 3 is 2.60 bits per heavy atom. The van der Waals surface area contributed by atoms with Crippen LogP contribution in [0.1, 0.15) is 11.3 Å². The number of hydrogen-bond donors (Lipinski definition) is 1. The predicted molar refractivity (Wildman–Crippen MR) is 79.3 cm³/mol. The molecule has 2 aromatic rings. The minimum atomic E-state index is 0.561. The van der Waals surface area contributed by atoms with Gasteiger partial charge in [0.1, 0.15) is 0 Å². The van der Waals surface area contributed by atoms with Crippen molar-refractivity contribution in [3.05, 3.63) is 52.8 Å². The monoisotopic (exact) mass is 292 g/mol. The topological polar surface area (TPSA) is 43.4 Å². The molecule has 0 aliphatic carbocycles. The molecule has 1 aromatic heterocycles. The van der Waals surface area contributed by atoms with E-state index in [0.29, 0.717) is 29.6 Å². The summed E-state index contributed by atoms with van der Waals surface area (Å²) < 4.78 is 10.5. The highest BCUT2D eigenvalue weighted by Gasteiger charge is 2.12. The smallest absolute Gasteiger partial charge is 0.179 e. The molecule has 1 aromatic carbocycles. The minimum absolute atomic E-state index is 0.561. The number of nitrogens with zero attached hydrogens (tertiary/aromatic N) is 1. The Bertz CT molecular complexity index is 561. The number of nitrogens with one attached hydrogen (secondary N) is 1. The summed E-state index contributed by atoms with van der Waals surface area (Å²) in [7, 11) is 3.17. The van der Waals surface area contributed by atoms with Crippen LogP contribution < -0.4 is 14.8 Å². The number of benzene rings is 1. The van der Waals surface area contributed by atoms with E-state index in [4.69, 9.17) is 21.1 Å². The van der Waals surface area contributed by atoms with Crippen molar-refractivity contribution in [1.29, 1.82) is 0 Å². The molecule has 0 fully saturated rings. The zero-order chi connectivity index (χ0) is 14.4. The zero-order valence-corrected chi connectivity index (χ0v) is 12.3. The molecule has 0 aliphatic heterocycles. The van der Waals surface area contributed by atoms with Crippen molar-refractivity contribution in [1.82, 2.24) is 10.3 Å². The van der Waals surface area contributed by atoms with E-state index in [1.807, 2.05) is 30.3 Å². The molecule has 0 saturated heterocycles. The van der Waals surface area contributed by atoms with Gasteiger partial charge < -0.3 is 14.8 Å². The van der Waals surface area contributed by atoms with Gasteiger partial charge in [-0.3, -0.25) is 4.98 Å². The predicted octanol–water partition coefficient (Wildman–Crippen LogP) is 3.04. The van der Waals surface area contributed by atoms with Gasteiger partial charge in [-0.05, 0) is 23.8 Å². The molecule has 1 heterocycles. The van der Waals surface area contributed by atoms with Gasteiger partial charge in [-0.2, -0.15) is 0 Å². The Hall–Kier alpha value is -1.78. The van der Waals surface area contributed by atoms with Gasteiger partial charge in [-0.1, -0.05) is 23.7 Å². The van der Waals surface area contributed by atoms with Crippen molar-refractivity contribution >= 4 is 11.6 Å². The van der Waals surface area contributed by atoms with Crippen LogP contribution in [0.25, 0.3) is 0 Å². The molecular formula is C15H17ClN2O2. The van der Waals surface area contributed by atoms with Crippen LogP contribution in [0.5, 0.6) is 11.5 Å². The van der Waals surface area contributed by atoms with E-state index in [2.05, 4.69) is 10.3 Å². The van der Waals surface area contributed by atoms with E-state index < -0.39 is 0 Å². The Kier molecular flexibility index (Phi) is 5.21. The van der Waals surface area contributed by atoms with Gasteiger partial charge in [-0.25, -0.2) is 0 Å². The molecule has 0 unspecified atom stereocenters. The Morgan fingerprint density at radius 2 is 1.95 bits per heavy atom. The number of methoxy groups -OCH3 is 2. The van der Waals surface area contributed by atoms with Crippen LogP contribution in [0.4, 0.5) is 0 Å². The van der Waals surface area contributed by atoms with Crippen LogP contribution in [-0.4, -0.2) is 19.2 Å². The van der Waals surface area contributed by atoms with E-state index in [1.165, 1.54) is 0 Å². The molecule has 0 amide bonds. The maximum Gasteiger partial charge on any atom is 0.179 e. The van der Waals surface area contributed by atoms with Crippen LogP contribution in [-0.2, 0) is 13.1 Å². The summed E-state index contributed by atoms with van der Waals surface area (Å²) in [5, 5.41) is 3.87. The number of rotatable bonds is 6. The van der Waals surface area contributed by atoms with Crippen molar-refractivity contribution in [3.8, 4) is 11.5 Å². The lowest BCUT2D eigenvalue weighted by atomic mass is 10.2. The van der Waals surface area contributed by atoms with Gasteiger partial charge in [-0.15, -0.1) is 0 Å². The first-order valence-corrected chi connectivity index (χ1v) is 6.64. The van der Waals surface area contributed by atoms with Gasteiger partial charge in [0.05, 0.1) is 24.9 Å². The quantitative estimate of drug-likeness (QED) is 0.889. The highest BCUT2D eigenvalue weighted by Crippen LogP contribution is 2.37. The first-order chi connectivity index (χ1) is 9.76. The van der Waals surface area contributed by atoms with Crippen LogP contribution in [0, 0.1) is 0 Å². The second-order valence-corrected chi connectivity index (χ2v) is 4.58. The van der Waals surface area contributed by atoms with Gasteiger partial charge in [0.2, 0.25) is 0 Å². The molecule has 0 spiro atoms. The molecule has 20 heavy (non-hydrogen) atoms. The maximum atomic E-state index is 6.31. The van der Waals surface area contributed by atoms with Crippen LogP contribution in [0.2, 0.25) is 5.02 Å². The fourth-order valence-electron chi connectivity index (χ4n) is 1.89. The summed E-state index contributed by atoms with van der Waals surface area (Å²) in [5.74, 6) is 1.19. The molecule has 1 N–H and O–H groups in total. The van der Waals surface area contributed by atoms with Crippen molar-refractivity contribution in [2.45, 2.75) is 13.1 Å². The molecule has 106 valence electrons. The van der Waals surface area contributed by atoms with E-state index in [0.717, 1.165) is 11.3 Å². The standard InChI is InChI=1S/C15H17ClN2O2/c1-19-13-7-6-11(14(16)15(13)20-2)9-17-10-12-5-3-4-8-18-12/h3-8,17H,9-10H2,1-2H3. The summed E-state index contributed by atoms with van der Waals surface area (Å²) >= 11 is 6.31. The first kappa shape index (κ1) is 14.6. The maximum absolute atomic E-state index is 6.31. The van der Waals surface area contributed by atoms with Crippen molar-refractivity contribution in [2.75, 3.05) is 14.2 Å². The lowest BCUT2D eigenvalue weighted by Gasteiger charge is -2.13. The van der Waals surface area contributed by atoms with Crippen LogP contribution in [0.15, 0.2) is 36.5 Å². The lowest BCUT2D eigenvalue weighted by molar-refractivity contribution is 0.354. The SMILES string of the molecule is COc1ccc(CNCc2ccccn2)c(Cl)c1OC. The molecule has 0 atom stereocenters. The fourth-order valence-corrected chi connectivity index (χ4v) is 2.19. The summed E-state index contributed by atoms with van der Waals surface area (Å²) in [6.07, 6.45) is 1.78. The van der Waals surface area contributed by atoms with Gasteiger partial charge in [0.15, 0.2) is 11.5 Å². The summed E-state index contributed by atoms with van der Waals surface area (Å²) in [4.78, 5) is 4.25. The molecule has 0 radical (unpaired) electrons.